The lowest BCUT2D eigenvalue weighted by atomic mass is 9.77. The van der Waals surface area contributed by atoms with E-state index in [2.05, 4.69) is 29.6 Å². The van der Waals surface area contributed by atoms with Crippen molar-refractivity contribution in [2.75, 3.05) is 6.54 Å². The quantitative estimate of drug-likeness (QED) is 0.809. The van der Waals surface area contributed by atoms with E-state index in [1.807, 2.05) is 13.8 Å². The zero-order valence-electron chi connectivity index (χ0n) is 10.5. The van der Waals surface area contributed by atoms with Crippen molar-refractivity contribution in [3.8, 4) is 0 Å². The summed E-state index contributed by atoms with van der Waals surface area (Å²) in [4.78, 5) is 10.9. The number of benzene rings is 1. The Morgan fingerprint density at radius 3 is 2.82 bits per heavy atom. The molecule has 17 heavy (non-hydrogen) atoms. The number of rotatable bonds is 5. The molecule has 1 aliphatic carbocycles. The number of carbonyl (C=O) groups excluding carboxylic acids is 1. The Morgan fingerprint density at radius 1 is 1.47 bits per heavy atom. The van der Waals surface area contributed by atoms with Crippen molar-refractivity contribution in [2.24, 2.45) is 5.73 Å². The molecule has 1 unspecified atom stereocenters. The highest BCUT2D eigenvalue weighted by molar-refractivity contribution is 5.75. The summed E-state index contributed by atoms with van der Waals surface area (Å²) in [6, 6.07) is 8.53. The fraction of sp³-hybridized carbons (Fsp3) is 0.500. The Hall–Kier alpha value is -1.35. The molecule has 1 atom stereocenters. The second-order valence-corrected chi connectivity index (χ2v) is 5.51. The fourth-order valence-corrected chi connectivity index (χ4v) is 2.44. The first-order valence-corrected chi connectivity index (χ1v) is 6.09. The van der Waals surface area contributed by atoms with Gasteiger partial charge in [-0.1, -0.05) is 24.3 Å². The van der Waals surface area contributed by atoms with Gasteiger partial charge >= 0.3 is 0 Å². The molecule has 1 aliphatic rings. The maximum Gasteiger partial charge on any atom is 0.219 e. The summed E-state index contributed by atoms with van der Waals surface area (Å²) in [5.41, 5.74) is 7.91. The standard InChI is InChI=1S/C14H20N2O/c1-14(2,8-13(15)17)16-9-11-7-10-5-3-4-6-12(10)11/h3-6,11,16H,7-9H2,1-2H3,(H2,15,17). The monoisotopic (exact) mass is 232 g/mol. The maximum absolute atomic E-state index is 10.9. The van der Waals surface area contributed by atoms with E-state index in [9.17, 15) is 4.79 Å². The van der Waals surface area contributed by atoms with E-state index in [1.165, 1.54) is 11.1 Å². The largest absolute Gasteiger partial charge is 0.370 e. The van der Waals surface area contributed by atoms with Gasteiger partial charge in [0.1, 0.15) is 0 Å². The molecule has 1 aromatic rings. The molecule has 1 aromatic carbocycles. The van der Waals surface area contributed by atoms with E-state index in [1.54, 1.807) is 0 Å². The first kappa shape index (κ1) is 12.1. The van der Waals surface area contributed by atoms with Gasteiger partial charge in [-0.15, -0.1) is 0 Å². The molecule has 0 radical (unpaired) electrons. The molecule has 0 saturated heterocycles. The lowest BCUT2D eigenvalue weighted by Gasteiger charge is -2.34. The van der Waals surface area contributed by atoms with Gasteiger partial charge in [-0.3, -0.25) is 4.79 Å². The van der Waals surface area contributed by atoms with Crippen molar-refractivity contribution < 1.29 is 4.79 Å². The van der Waals surface area contributed by atoms with E-state index in [0.717, 1.165) is 13.0 Å². The summed E-state index contributed by atoms with van der Waals surface area (Å²) in [5, 5.41) is 3.43. The average Bonchev–Trinajstić information content (AvgIpc) is 2.17. The first-order chi connectivity index (χ1) is 7.98. The number of hydrogen-bond donors (Lipinski definition) is 2. The van der Waals surface area contributed by atoms with Gasteiger partial charge in [-0.05, 0) is 31.4 Å². The summed E-state index contributed by atoms with van der Waals surface area (Å²) < 4.78 is 0. The smallest absolute Gasteiger partial charge is 0.219 e. The normalized spacial score (nSPS) is 18.4. The summed E-state index contributed by atoms with van der Waals surface area (Å²) in [5.74, 6) is 0.329. The fourth-order valence-electron chi connectivity index (χ4n) is 2.44. The van der Waals surface area contributed by atoms with Gasteiger partial charge in [0, 0.05) is 24.4 Å². The Balaban J connectivity index is 1.87. The van der Waals surface area contributed by atoms with Gasteiger partial charge < -0.3 is 11.1 Å². The molecule has 3 heteroatoms. The van der Waals surface area contributed by atoms with Crippen LogP contribution in [0.15, 0.2) is 24.3 Å². The molecular formula is C14H20N2O. The van der Waals surface area contributed by atoms with Crippen LogP contribution < -0.4 is 11.1 Å². The highest BCUT2D eigenvalue weighted by Gasteiger charge is 2.28. The van der Waals surface area contributed by atoms with Crippen LogP contribution >= 0.6 is 0 Å². The lowest BCUT2D eigenvalue weighted by molar-refractivity contribution is -0.119. The summed E-state index contributed by atoms with van der Waals surface area (Å²) in [6.07, 6.45) is 1.51. The predicted molar refractivity (Wildman–Crippen MR) is 68.8 cm³/mol. The number of hydrogen-bond acceptors (Lipinski definition) is 2. The molecule has 3 N–H and O–H groups in total. The SMILES string of the molecule is CC(C)(CC(N)=O)NCC1Cc2ccccc21. The zero-order valence-corrected chi connectivity index (χ0v) is 10.5. The van der Waals surface area contributed by atoms with Crippen molar-refractivity contribution in [1.29, 1.82) is 0 Å². The van der Waals surface area contributed by atoms with Gasteiger partial charge in [0.15, 0.2) is 0 Å². The van der Waals surface area contributed by atoms with Gasteiger partial charge in [0.25, 0.3) is 0 Å². The number of nitrogens with one attached hydrogen (secondary N) is 1. The molecule has 1 amide bonds. The van der Waals surface area contributed by atoms with Crippen molar-refractivity contribution in [3.63, 3.8) is 0 Å². The van der Waals surface area contributed by atoms with Gasteiger partial charge in [-0.2, -0.15) is 0 Å². The van der Waals surface area contributed by atoms with Crippen LogP contribution in [0, 0.1) is 0 Å². The third-order valence-corrected chi connectivity index (χ3v) is 3.40. The highest BCUT2D eigenvalue weighted by Crippen LogP contribution is 2.34. The molecule has 3 nitrogen and oxygen atoms in total. The second-order valence-electron chi connectivity index (χ2n) is 5.51. The molecule has 0 fully saturated rings. The van der Waals surface area contributed by atoms with E-state index < -0.39 is 0 Å². The van der Waals surface area contributed by atoms with Crippen molar-refractivity contribution in [2.45, 2.75) is 38.1 Å². The second kappa shape index (κ2) is 4.49. The van der Waals surface area contributed by atoms with Crippen LogP contribution in [0.5, 0.6) is 0 Å². The molecule has 0 spiro atoms. The Kier molecular flexibility index (Phi) is 3.20. The van der Waals surface area contributed by atoms with Gasteiger partial charge in [0.05, 0.1) is 0 Å². The zero-order chi connectivity index (χ0) is 12.5. The Morgan fingerprint density at radius 2 is 2.18 bits per heavy atom. The van der Waals surface area contributed by atoms with E-state index in [0.29, 0.717) is 12.3 Å². The van der Waals surface area contributed by atoms with E-state index in [-0.39, 0.29) is 11.4 Å². The van der Waals surface area contributed by atoms with Crippen LogP contribution in [-0.4, -0.2) is 18.0 Å². The summed E-state index contributed by atoms with van der Waals surface area (Å²) >= 11 is 0. The number of primary amides is 1. The average molecular weight is 232 g/mol. The van der Waals surface area contributed by atoms with Crippen LogP contribution in [0.1, 0.15) is 37.3 Å². The third-order valence-electron chi connectivity index (χ3n) is 3.40. The van der Waals surface area contributed by atoms with E-state index in [4.69, 9.17) is 5.73 Å². The number of fused-ring (bicyclic) bond motifs is 1. The minimum Gasteiger partial charge on any atom is -0.370 e. The molecule has 0 aliphatic heterocycles. The highest BCUT2D eigenvalue weighted by atomic mass is 16.1. The van der Waals surface area contributed by atoms with Gasteiger partial charge in [0.2, 0.25) is 5.91 Å². The molecule has 92 valence electrons. The van der Waals surface area contributed by atoms with Gasteiger partial charge in [-0.25, -0.2) is 0 Å². The Labute approximate surface area is 102 Å². The van der Waals surface area contributed by atoms with Crippen LogP contribution in [-0.2, 0) is 11.2 Å². The minimum absolute atomic E-state index is 0.212. The van der Waals surface area contributed by atoms with Crippen molar-refractivity contribution in [1.82, 2.24) is 5.32 Å². The number of carbonyl (C=O) groups is 1. The molecule has 0 heterocycles. The van der Waals surface area contributed by atoms with Crippen LogP contribution in [0.3, 0.4) is 0 Å². The molecule has 0 bridgehead atoms. The third kappa shape index (κ3) is 2.86. The summed E-state index contributed by atoms with van der Waals surface area (Å²) in [7, 11) is 0. The molecule has 2 rings (SSSR count). The van der Waals surface area contributed by atoms with Crippen molar-refractivity contribution in [3.05, 3.63) is 35.4 Å². The Bertz CT molecular complexity index is 426. The molecule has 0 saturated carbocycles. The molecular weight excluding hydrogens is 212 g/mol. The van der Waals surface area contributed by atoms with E-state index >= 15 is 0 Å². The van der Waals surface area contributed by atoms with Crippen molar-refractivity contribution >= 4 is 5.91 Å². The van der Waals surface area contributed by atoms with Crippen LogP contribution in [0.2, 0.25) is 0 Å². The molecule has 0 aromatic heterocycles. The van der Waals surface area contributed by atoms with Crippen LogP contribution in [0.4, 0.5) is 0 Å². The summed E-state index contributed by atoms with van der Waals surface area (Å²) in [6.45, 7) is 4.95. The number of nitrogens with two attached hydrogens (primary N) is 1. The first-order valence-electron chi connectivity index (χ1n) is 6.09. The predicted octanol–water partition coefficient (Wildman–Crippen LogP) is 1.57. The number of amides is 1. The lowest BCUT2D eigenvalue weighted by Crippen LogP contribution is -2.45. The van der Waals surface area contributed by atoms with Crippen LogP contribution in [0.25, 0.3) is 0 Å². The maximum atomic E-state index is 10.9. The topological polar surface area (TPSA) is 55.1 Å². The minimum atomic E-state index is -0.253.